The molecule has 0 saturated heterocycles. The van der Waals surface area contributed by atoms with Crippen LogP contribution in [-0.2, 0) is 0 Å². The molecule has 0 saturated carbocycles. The van der Waals surface area contributed by atoms with E-state index < -0.39 is 0 Å². The molecule has 0 bridgehead atoms. The third kappa shape index (κ3) is 7.28. The molecule has 0 aliphatic heterocycles. The highest BCUT2D eigenvalue weighted by molar-refractivity contribution is 6.03. The van der Waals surface area contributed by atoms with Crippen LogP contribution in [0.1, 0.15) is 37.6 Å². The molecule has 0 aromatic heterocycles. The van der Waals surface area contributed by atoms with Crippen molar-refractivity contribution < 1.29 is 9.59 Å². The molecule has 1 atom stereocenters. The van der Waals surface area contributed by atoms with Gasteiger partial charge in [-0.2, -0.15) is 0 Å². The zero-order chi connectivity index (χ0) is 15.8. The molecule has 0 spiro atoms. The smallest absolute Gasteiger partial charge is 0.319 e. The van der Waals surface area contributed by atoms with Gasteiger partial charge < -0.3 is 21.7 Å². The van der Waals surface area contributed by atoms with Crippen LogP contribution in [0.4, 0.5) is 10.5 Å². The van der Waals surface area contributed by atoms with E-state index in [1.54, 1.807) is 24.3 Å². The molecule has 5 N–H and O–H groups in total. The second-order valence-corrected chi connectivity index (χ2v) is 5.32. The SMILES string of the molecule is CC(N)CCNC(=O)c1ccccc1NC(=O)NC(C)C.Cl. The minimum atomic E-state index is -0.333. The fraction of sp³-hybridized carbons (Fsp3) is 0.467. The van der Waals surface area contributed by atoms with Crippen LogP contribution in [-0.4, -0.2) is 30.6 Å². The van der Waals surface area contributed by atoms with Gasteiger partial charge in [0.05, 0.1) is 11.3 Å². The third-order valence-electron chi connectivity index (χ3n) is 2.72. The van der Waals surface area contributed by atoms with Crippen molar-refractivity contribution in [2.75, 3.05) is 11.9 Å². The molecule has 22 heavy (non-hydrogen) atoms. The molecule has 3 amide bonds. The molecule has 7 heteroatoms. The Balaban J connectivity index is 0.00000441. The summed E-state index contributed by atoms with van der Waals surface area (Å²) >= 11 is 0. The van der Waals surface area contributed by atoms with Crippen molar-refractivity contribution in [2.24, 2.45) is 5.73 Å². The van der Waals surface area contributed by atoms with Crippen LogP contribution >= 0.6 is 12.4 Å². The summed E-state index contributed by atoms with van der Waals surface area (Å²) in [6.07, 6.45) is 0.704. The number of benzene rings is 1. The number of para-hydroxylation sites is 1. The van der Waals surface area contributed by atoms with Crippen LogP contribution in [0.2, 0.25) is 0 Å². The van der Waals surface area contributed by atoms with Crippen molar-refractivity contribution in [3.63, 3.8) is 0 Å². The number of carbonyl (C=O) groups is 2. The van der Waals surface area contributed by atoms with Gasteiger partial charge >= 0.3 is 6.03 Å². The van der Waals surface area contributed by atoms with Crippen molar-refractivity contribution in [3.8, 4) is 0 Å². The molecule has 1 unspecified atom stereocenters. The van der Waals surface area contributed by atoms with E-state index in [9.17, 15) is 9.59 Å². The quantitative estimate of drug-likeness (QED) is 0.644. The Morgan fingerprint density at radius 1 is 1.18 bits per heavy atom. The van der Waals surface area contributed by atoms with Crippen LogP contribution < -0.4 is 21.7 Å². The van der Waals surface area contributed by atoms with Gasteiger partial charge in [0.15, 0.2) is 0 Å². The molecule has 1 aromatic rings. The zero-order valence-electron chi connectivity index (χ0n) is 13.2. The standard InChI is InChI=1S/C15H24N4O2.ClH/c1-10(2)18-15(21)19-13-7-5-4-6-12(13)14(20)17-9-8-11(3)16;/h4-7,10-11H,8-9,16H2,1-3H3,(H,17,20)(H2,18,19,21);1H. The first kappa shape index (κ1) is 20.2. The molecule has 1 rings (SSSR count). The number of rotatable bonds is 6. The first-order valence-corrected chi connectivity index (χ1v) is 7.10. The summed E-state index contributed by atoms with van der Waals surface area (Å²) in [5.41, 5.74) is 6.55. The molecule has 0 aliphatic carbocycles. The van der Waals surface area contributed by atoms with E-state index in [0.717, 1.165) is 0 Å². The van der Waals surface area contributed by atoms with E-state index in [2.05, 4.69) is 16.0 Å². The lowest BCUT2D eigenvalue weighted by Crippen LogP contribution is -2.35. The highest BCUT2D eigenvalue weighted by Gasteiger charge is 2.13. The fourth-order valence-corrected chi connectivity index (χ4v) is 1.72. The normalized spacial score (nSPS) is 11.3. The molecule has 0 aliphatic rings. The summed E-state index contributed by atoms with van der Waals surface area (Å²) in [6, 6.07) is 6.62. The van der Waals surface area contributed by atoms with Crippen molar-refractivity contribution in [1.82, 2.24) is 10.6 Å². The van der Waals surface area contributed by atoms with Gasteiger partial charge in [0.25, 0.3) is 5.91 Å². The van der Waals surface area contributed by atoms with Crippen LogP contribution in [0.5, 0.6) is 0 Å². The fourth-order valence-electron chi connectivity index (χ4n) is 1.72. The molecule has 6 nitrogen and oxygen atoms in total. The average molecular weight is 329 g/mol. The third-order valence-corrected chi connectivity index (χ3v) is 2.72. The first-order chi connectivity index (χ1) is 9.90. The molecular formula is C15H25ClN4O2. The largest absolute Gasteiger partial charge is 0.352 e. The molecule has 124 valence electrons. The number of carbonyl (C=O) groups excluding carboxylic acids is 2. The Bertz CT molecular complexity index is 492. The van der Waals surface area contributed by atoms with E-state index in [1.165, 1.54) is 0 Å². The van der Waals surface area contributed by atoms with E-state index in [1.807, 2.05) is 20.8 Å². The second kappa shape index (κ2) is 10.0. The summed E-state index contributed by atoms with van der Waals surface area (Å²) < 4.78 is 0. The lowest BCUT2D eigenvalue weighted by molar-refractivity contribution is 0.0953. The Kier molecular flexibility index (Phi) is 9.21. The summed E-state index contributed by atoms with van der Waals surface area (Å²) in [4.78, 5) is 23.9. The highest BCUT2D eigenvalue weighted by Crippen LogP contribution is 2.14. The first-order valence-electron chi connectivity index (χ1n) is 7.10. The van der Waals surface area contributed by atoms with Gasteiger partial charge in [-0.05, 0) is 39.3 Å². The Morgan fingerprint density at radius 2 is 1.82 bits per heavy atom. The van der Waals surface area contributed by atoms with E-state index >= 15 is 0 Å². The van der Waals surface area contributed by atoms with Crippen LogP contribution in [0.25, 0.3) is 0 Å². The molecule has 0 fully saturated rings. The van der Waals surface area contributed by atoms with Gasteiger partial charge in [0.2, 0.25) is 0 Å². The average Bonchev–Trinajstić information content (AvgIpc) is 2.37. The number of anilines is 1. The van der Waals surface area contributed by atoms with Crippen molar-refractivity contribution in [1.29, 1.82) is 0 Å². The predicted molar refractivity (Wildman–Crippen MR) is 91.6 cm³/mol. The molecule has 1 aromatic carbocycles. The minimum Gasteiger partial charge on any atom is -0.352 e. The van der Waals surface area contributed by atoms with Crippen LogP contribution in [0.15, 0.2) is 24.3 Å². The number of halogens is 1. The summed E-state index contributed by atoms with van der Waals surface area (Å²) in [6.45, 7) is 6.12. The van der Waals surface area contributed by atoms with Gasteiger partial charge in [0, 0.05) is 18.6 Å². The van der Waals surface area contributed by atoms with E-state index in [0.29, 0.717) is 24.2 Å². The Morgan fingerprint density at radius 3 is 2.41 bits per heavy atom. The summed E-state index contributed by atoms with van der Waals surface area (Å²) in [7, 11) is 0. The summed E-state index contributed by atoms with van der Waals surface area (Å²) in [5, 5.41) is 8.20. The monoisotopic (exact) mass is 328 g/mol. The van der Waals surface area contributed by atoms with E-state index in [4.69, 9.17) is 5.73 Å². The van der Waals surface area contributed by atoms with Gasteiger partial charge in [-0.1, -0.05) is 12.1 Å². The number of nitrogens with one attached hydrogen (secondary N) is 3. The predicted octanol–water partition coefficient (Wildman–Crippen LogP) is 2.11. The van der Waals surface area contributed by atoms with E-state index in [-0.39, 0.29) is 36.4 Å². The molecular weight excluding hydrogens is 304 g/mol. The number of urea groups is 1. The van der Waals surface area contributed by atoms with Gasteiger partial charge in [-0.3, -0.25) is 4.79 Å². The molecule has 0 radical (unpaired) electrons. The highest BCUT2D eigenvalue weighted by atomic mass is 35.5. The maximum Gasteiger partial charge on any atom is 0.319 e. The van der Waals surface area contributed by atoms with Gasteiger partial charge in [-0.15, -0.1) is 12.4 Å². The summed E-state index contributed by atoms with van der Waals surface area (Å²) in [5.74, 6) is -0.226. The number of nitrogens with two attached hydrogens (primary N) is 1. The van der Waals surface area contributed by atoms with Crippen molar-refractivity contribution >= 4 is 30.0 Å². The maximum atomic E-state index is 12.1. The molecule has 0 heterocycles. The maximum absolute atomic E-state index is 12.1. The van der Waals surface area contributed by atoms with Gasteiger partial charge in [0.1, 0.15) is 0 Å². The topological polar surface area (TPSA) is 96.2 Å². The van der Waals surface area contributed by atoms with Gasteiger partial charge in [-0.25, -0.2) is 4.79 Å². The Hall–Kier alpha value is -1.79. The lowest BCUT2D eigenvalue weighted by atomic mass is 10.1. The van der Waals surface area contributed by atoms with Crippen LogP contribution in [0, 0.1) is 0 Å². The number of hydrogen-bond donors (Lipinski definition) is 4. The lowest BCUT2D eigenvalue weighted by Gasteiger charge is -2.14. The van der Waals surface area contributed by atoms with Crippen LogP contribution in [0.3, 0.4) is 0 Å². The number of hydrogen-bond acceptors (Lipinski definition) is 3. The van der Waals surface area contributed by atoms with Crippen molar-refractivity contribution in [2.45, 2.75) is 39.3 Å². The Labute approximate surface area is 137 Å². The second-order valence-electron chi connectivity index (χ2n) is 5.32. The number of amides is 3. The minimum absolute atomic E-state index is 0. The van der Waals surface area contributed by atoms with Crippen molar-refractivity contribution in [3.05, 3.63) is 29.8 Å². The zero-order valence-corrected chi connectivity index (χ0v) is 14.0.